The van der Waals surface area contributed by atoms with Crippen LogP contribution in [0.3, 0.4) is 0 Å². The molecule has 1 N–H and O–H groups in total. The van der Waals surface area contributed by atoms with E-state index < -0.39 is 23.5 Å². The van der Waals surface area contributed by atoms with Crippen LogP contribution in [0.2, 0.25) is 0 Å². The molecule has 0 saturated heterocycles. The van der Waals surface area contributed by atoms with Gasteiger partial charge in [-0.3, -0.25) is 4.99 Å². The van der Waals surface area contributed by atoms with Crippen molar-refractivity contribution in [1.29, 1.82) is 0 Å². The maximum Gasteiger partial charge on any atom is 0.430 e. The van der Waals surface area contributed by atoms with Gasteiger partial charge >= 0.3 is 12.4 Å². The number of halogens is 6. The van der Waals surface area contributed by atoms with Crippen LogP contribution in [0.5, 0.6) is 0 Å². The molecule has 166 valence electrons. The molecule has 3 nitrogen and oxygen atoms in total. The fourth-order valence-electron chi connectivity index (χ4n) is 3.77. The predicted octanol–water partition coefficient (Wildman–Crippen LogP) is 6.01. The van der Waals surface area contributed by atoms with Gasteiger partial charge in [-0.1, -0.05) is 44.2 Å². The number of alkyl halides is 6. The minimum Gasteiger partial charge on any atom is -0.369 e. The summed E-state index contributed by atoms with van der Waals surface area (Å²) in [6, 6.07) is 11.0. The highest BCUT2D eigenvalue weighted by Crippen LogP contribution is 2.50. The van der Waals surface area contributed by atoms with Crippen molar-refractivity contribution >= 4 is 17.6 Å². The average molecular weight is 442 g/mol. The first kappa shape index (κ1) is 22.9. The zero-order chi connectivity index (χ0) is 23.2. The molecule has 1 heterocycles. The lowest BCUT2D eigenvalue weighted by atomic mass is 9.84. The number of rotatable bonds is 3. The van der Waals surface area contributed by atoms with Gasteiger partial charge in [0.2, 0.25) is 0 Å². The Balaban J connectivity index is 1.87. The maximum absolute atomic E-state index is 13.0. The first-order valence-electron chi connectivity index (χ1n) is 9.25. The molecule has 2 aromatic carbocycles. The molecular formula is C22H20F6N2O. The third kappa shape index (κ3) is 3.71. The number of para-hydroxylation sites is 1. The summed E-state index contributed by atoms with van der Waals surface area (Å²) >= 11 is 0. The van der Waals surface area contributed by atoms with Crippen LogP contribution in [-0.2, 0) is 11.0 Å². The van der Waals surface area contributed by atoms with Crippen molar-refractivity contribution in [2.75, 3.05) is 11.9 Å². The number of likely N-dealkylation sites (N-methyl/N-ethyl adjacent to an activating group) is 1. The predicted molar refractivity (Wildman–Crippen MR) is 107 cm³/mol. The molecule has 2 aromatic rings. The number of nitrogens with zero attached hydrogens (tertiary/aromatic N) is 2. The van der Waals surface area contributed by atoms with Gasteiger partial charge in [0.05, 0.1) is 5.69 Å². The minimum absolute atomic E-state index is 0.142. The van der Waals surface area contributed by atoms with Crippen molar-refractivity contribution in [1.82, 2.24) is 0 Å². The van der Waals surface area contributed by atoms with E-state index in [-0.39, 0.29) is 11.1 Å². The molecule has 9 heteroatoms. The summed E-state index contributed by atoms with van der Waals surface area (Å²) in [5.74, 6) is 0. The topological polar surface area (TPSA) is 35.8 Å². The number of aliphatic hydroxyl groups is 1. The van der Waals surface area contributed by atoms with Crippen LogP contribution in [-0.4, -0.2) is 30.7 Å². The minimum atomic E-state index is -5.92. The molecule has 0 aromatic heterocycles. The van der Waals surface area contributed by atoms with Crippen LogP contribution in [0.25, 0.3) is 0 Å². The largest absolute Gasteiger partial charge is 0.430 e. The Kier molecular flexibility index (Phi) is 5.46. The number of hydrogen-bond acceptors (Lipinski definition) is 3. The Labute approximate surface area is 175 Å². The lowest BCUT2D eigenvalue weighted by Crippen LogP contribution is -2.53. The Morgan fingerprint density at radius 3 is 1.97 bits per heavy atom. The van der Waals surface area contributed by atoms with Crippen LogP contribution in [0.15, 0.2) is 65.3 Å². The van der Waals surface area contributed by atoms with Crippen LogP contribution in [0, 0.1) is 0 Å². The third-order valence-corrected chi connectivity index (χ3v) is 5.50. The Hall–Kier alpha value is -2.81. The van der Waals surface area contributed by atoms with E-state index in [0.29, 0.717) is 12.1 Å². The normalized spacial score (nSPS) is 18.1. The van der Waals surface area contributed by atoms with E-state index in [1.165, 1.54) is 6.21 Å². The van der Waals surface area contributed by atoms with Crippen molar-refractivity contribution in [2.24, 2.45) is 4.99 Å². The molecule has 0 bridgehead atoms. The molecule has 0 aliphatic carbocycles. The number of allylic oxidation sites excluding steroid dienone is 2. The Morgan fingerprint density at radius 2 is 1.45 bits per heavy atom. The quantitative estimate of drug-likeness (QED) is 0.467. The van der Waals surface area contributed by atoms with Crippen molar-refractivity contribution in [3.05, 3.63) is 71.4 Å². The molecular weight excluding hydrogens is 422 g/mol. The van der Waals surface area contributed by atoms with Crippen molar-refractivity contribution < 1.29 is 31.4 Å². The maximum atomic E-state index is 13.0. The summed E-state index contributed by atoms with van der Waals surface area (Å²) in [7, 11) is 1.90. The average Bonchev–Trinajstić information content (AvgIpc) is 2.87. The fraction of sp³-hybridized carbons (Fsp3) is 0.318. The van der Waals surface area contributed by atoms with Crippen molar-refractivity contribution in [2.45, 2.75) is 37.2 Å². The van der Waals surface area contributed by atoms with Crippen LogP contribution in [0.1, 0.15) is 25.0 Å². The molecule has 0 radical (unpaired) electrons. The molecule has 3 rings (SSSR count). The van der Waals surface area contributed by atoms with Crippen LogP contribution >= 0.6 is 0 Å². The molecule has 1 aliphatic rings. The number of benzene rings is 2. The Morgan fingerprint density at radius 1 is 0.903 bits per heavy atom. The summed E-state index contributed by atoms with van der Waals surface area (Å²) in [4.78, 5) is 6.11. The highest BCUT2D eigenvalue weighted by atomic mass is 19.4. The summed E-state index contributed by atoms with van der Waals surface area (Å²) in [6.07, 6.45) is -8.66. The van der Waals surface area contributed by atoms with E-state index in [2.05, 4.69) is 4.99 Å². The summed E-state index contributed by atoms with van der Waals surface area (Å²) in [6.45, 7) is 4.08. The zero-order valence-corrected chi connectivity index (χ0v) is 16.9. The van der Waals surface area contributed by atoms with Gasteiger partial charge in [0.1, 0.15) is 0 Å². The van der Waals surface area contributed by atoms with Crippen LogP contribution < -0.4 is 4.90 Å². The first-order valence-corrected chi connectivity index (χ1v) is 9.25. The highest BCUT2D eigenvalue weighted by Gasteiger charge is 2.71. The SMILES string of the molecule is CN1C(=CC=Nc2ccc(C(O)(C(F)(F)F)C(F)(F)F)cc2)C(C)(C)c2ccccc21. The van der Waals surface area contributed by atoms with E-state index in [1.54, 1.807) is 6.08 Å². The summed E-state index contributed by atoms with van der Waals surface area (Å²) in [5.41, 5.74) is -3.35. The van der Waals surface area contributed by atoms with Gasteiger partial charge in [0.15, 0.2) is 0 Å². The highest BCUT2D eigenvalue weighted by molar-refractivity contribution is 5.80. The van der Waals surface area contributed by atoms with Gasteiger partial charge in [-0.15, -0.1) is 0 Å². The van der Waals surface area contributed by atoms with Gasteiger partial charge in [-0.05, 0) is 29.8 Å². The smallest absolute Gasteiger partial charge is 0.369 e. The molecule has 0 amide bonds. The van der Waals surface area contributed by atoms with Gasteiger partial charge < -0.3 is 10.0 Å². The second kappa shape index (κ2) is 7.40. The molecule has 0 atom stereocenters. The lowest BCUT2D eigenvalue weighted by Gasteiger charge is -2.32. The van der Waals surface area contributed by atoms with E-state index in [1.807, 2.05) is 50.1 Å². The summed E-state index contributed by atoms with van der Waals surface area (Å²) < 4.78 is 77.8. The van der Waals surface area contributed by atoms with E-state index >= 15 is 0 Å². The number of aliphatic imine (C=N–C) groups is 1. The Bertz CT molecular complexity index is 1010. The first-order chi connectivity index (χ1) is 14.2. The second-order valence-electron chi connectivity index (χ2n) is 7.78. The van der Waals surface area contributed by atoms with Crippen molar-refractivity contribution in [3.8, 4) is 0 Å². The number of fused-ring (bicyclic) bond motifs is 1. The third-order valence-electron chi connectivity index (χ3n) is 5.50. The van der Waals surface area contributed by atoms with Crippen molar-refractivity contribution in [3.63, 3.8) is 0 Å². The molecule has 0 saturated carbocycles. The lowest BCUT2D eigenvalue weighted by molar-refractivity contribution is -0.376. The van der Waals surface area contributed by atoms with E-state index in [4.69, 9.17) is 0 Å². The monoisotopic (exact) mass is 442 g/mol. The number of hydrogen-bond donors (Lipinski definition) is 1. The molecule has 0 unspecified atom stereocenters. The standard InChI is InChI=1S/C22H20F6N2O/c1-19(2)16-6-4-5-7-17(16)30(3)18(19)12-13-29-15-10-8-14(9-11-15)20(31,21(23,24)25)22(26,27)28/h4-13,31H,1-3H3. The van der Waals surface area contributed by atoms with E-state index in [9.17, 15) is 31.4 Å². The van der Waals surface area contributed by atoms with Gasteiger partial charge in [-0.25, -0.2) is 0 Å². The zero-order valence-electron chi connectivity index (χ0n) is 16.9. The van der Waals surface area contributed by atoms with Crippen LogP contribution in [0.4, 0.5) is 37.7 Å². The number of anilines is 1. The molecule has 0 fully saturated rings. The fourth-order valence-corrected chi connectivity index (χ4v) is 3.77. The second-order valence-corrected chi connectivity index (χ2v) is 7.78. The molecule has 1 aliphatic heterocycles. The van der Waals surface area contributed by atoms with E-state index in [0.717, 1.165) is 29.1 Å². The molecule has 0 spiro atoms. The molecule has 31 heavy (non-hydrogen) atoms. The summed E-state index contributed by atoms with van der Waals surface area (Å²) in [5, 5.41) is 9.44. The van der Waals surface area contributed by atoms with Gasteiger partial charge in [-0.2, -0.15) is 26.3 Å². The van der Waals surface area contributed by atoms with Gasteiger partial charge in [0, 0.05) is 35.6 Å². The van der Waals surface area contributed by atoms with Gasteiger partial charge in [0.25, 0.3) is 5.60 Å².